The van der Waals surface area contributed by atoms with Gasteiger partial charge in [0.1, 0.15) is 0 Å². The molecule has 1 amide bonds. The van der Waals surface area contributed by atoms with E-state index in [1.54, 1.807) is 0 Å². The van der Waals surface area contributed by atoms with Crippen LogP contribution in [0.25, 0.3) is 11.1 Å². The number of rotatable bonds is 8. The third-order valence-corrected chi connectivity index (χ3v) is 7.28. The monoisotopic (exact) mass is 516 g/mol. The highest BCUT2D eigenvalue weighted by Crippen LogP contribution is 2.39. The van der Waals surface area contributed by atoms with Crippen LogP contribution in [0.1, 0.15) is 54.4 Å². The van der Waals surface area contributed by atoms with Crippen molar-refractivity contribution in [1.29, 1.82) is 0 Å². The van der Waals surface area contributed by atoms with Crippen molar-refractivity contribution < 1.29 is 24.5 Å². The van der Waals surface area contributed by atoms with Crippen LogP contribution < -0.4 is 5.32 Å². The molecule has 2 saturated heterocycles. The van der Waals surface area contributed by atoms with Crippen molar-refractivity contribution in [3.05, 3.63) is 95.1 Å². The Balaban J connectivity index is 1.38. The number of benzene rings is 3. The summed E-state index contributed by atoms with van der Waals surface area (Å²) in [6, 6.07) is 24.3. The van der Waals surface area contributed by atoms with E-state index in [1.165, 1.54) is 6.92 Å². The van der Waals surface area contributed by atoms with Gasteiger partial charge in [-0.25, -0.2) is 0 Å². The van der Waals surface area contributed by atoms with Crippen molar-refractivity contribution in [3.63, 3.8) is 0 Å². The first-order valence-electron chi connectivity index (χ1n) is 13.3. The molecule has 38 heavy (non-hydrogen) atoms. The van der Waals surface area contributed by atoms with Gasteiger partial charge in [0.05, 0.1) is 24.9 Å². The van der Waals surface area contributed by atoms with Gasteiger partial charge < -0.3 is 25.0 Å². The Morgan fingerprint density at radius 1 is 0.974 bits per heavy atom. The standard InChI is InChI=1S/C31H36N2O5/c1-21(35)32-17-23-4-2-5-25(14-23)26-6-3-7-27(15-26)31-37-29(19-33-13-12-28(36)18-33)16-30(38-31)24-10-8-22(20-34)9-11-24/h2-11,14-15,28-31,34,36H,12-13,16-20H2,1H3,(H,32,35). The van der Waals surface area contributed by atoms with E-state index in [4.69, 9.17) is 9.47 Å². The molecule has 5 rings (SSSR count). The molecule has 3 aromatic carbocycles. The number of carbonyl (C=O) groups excluding carboxylic acids is 1. The summed E-state index contributed by atoms with van der Waals surface area (Å²) in [6.07, 6.45) is 0.500. The van der Waals surface area contributed by atoms with Crippen molar-refractivity contribution in [3.8, 4) is 11.1 Å². The number of likely N-dealkylation sites (tertiary alicyclic amines) is 1. The first-order chi connectivity index (χ1) is 18.5. The Kier molecular flexibility index (Phi) is 8.51. The molecule has 4 unspecified atom stereocenters. The molecule has 200 valence electrons. The number of amides is 1. The zero-order chi connectivity index (χ0) is 26.5. The van der Waals surface area contributed by atoms with E-state index in [0.717, 1.165) is 52.9 Å². The van der Waals surface area contributed by atoms with Crippen molar-refractivity contribution in [1.82, 2.24) is 10.2 Å². The Labute approximate surface area is 224 Å². The normalized spacial score (nSPS) is 23.9. The maximum absolute atomic E-state index is 11.3. The topological polar surface area (TPSA) is 91.3 Å². The smallest absolute Gasteiger partial charge is 0.217 e. The van der Waals surface area contributed by atoms with Crippen molar-refractivity contribution in [2.24, 2.45) is 0 Å². The molecule has 3 N–H and O–H groups in total. The van der Waals surface area contributed by atoms with E-state index in [1.807, 2.05) is 48.5 Å². The minimum absolute atomic E-state index is 0.0102. The highest BCUT2D eigenvalue weighted by atomic mass is 16.7. The van der Waals surface area contributed by atoms with Crippen molar-refractivity contribution >= 4 is 5.91 Å². The molecular formula is C31H36N2O5. The first-order valence-corrected chi connectivity index (χ1v) is 13.3. The number of aliphatic hydroxyl groups is 2. The molecule has 2 aliphatic heterocycles. The van der Waals surface area contributed by atoms with Gasteiger partial charge in [0, 0.05) is 45.1 Å². The second kappa shape index (κ2) is 12.2. The fourth-order valence-electron chi connectivity index (χ4n) is 5.25. The number of nitrogens with zero attached hydrogens (tertiary/aromatic N) is 1. The van der Waals surface area contributed by atoms with Crippen LogP contribution in [0.2, 0.25) is 0 Å². The molecule has 0 saturated carbocycles. The highest BCUT2D eigenvalue weighted by Gasteiger charge is 2.34. The van der Waals surface area contributed by atoms with E-state index in [9.17, 15) is 15.0 Å². The second-order valence-corrected chi connectivity index (χ2v) is 10.3. The summed E-state index contributed by atoms with van der Waals surface area (Å²) in [5.74, 6) is -0.0532. The number of nitrogens with one attached hydrogen (secondary N) is 1. The summed E-state index contributed by atoms with van der Waals surface area (Å²) >= 11 is 0. The van der Waals surface area contributed by atoms with Crippen LogP contribution in [0.15, 0.2) is 72.8 Å². The molecular weight excluding hydrogens is 480 g/mol. The number of carbonyl (C=O) groups is 1. The summed E-state index contributed by atoms with van der Waals surface area (Å²) in [4.78, 5) is 13.6. The van der Waals surface area contributed by atoms with Crippen LogP contribution in [-0.2, 0) is 27.4 Å². The molecule has 0 aliphatic carbocycles. The SMILES string of the molecule is CC(=O)NCc1cccc(-c2cccc(C3OC(CN4CCC(O)C4)CC(c4ccc(CO)cc4)O3)c2)c1. The highest BCUT2D eigenvalue weighted by molar-refractivity contribution is 5.73. The molecule has 0 spiro atoms. The average molecular weight is 517 g/mol. The van der Waals surface area contributed by atoms with Gasteiger partial charge in [-0.3, -0.25) is 9.69 Å². The van der Waals surface area contributed by atoms with E-state index in [2.05, 4.69) is 34.5 Å². The van der Waals surface area contributed by atoms with Gasteiger partial charge in [-0.2, -0.15) is 0 Å². The summed E-state index contributed by atoms with van der Waals surface area (Å²) in [6.45, 7) is 4.30. The fraction of sp³-hybridized carbons (Fsp3) is 0.387. The molecule has 0 aromatic heterocycles. The summed E-state index contributed by atoms with van der Waals surface area (Å²) in [7, 11) is 0. The largest absolute Gasteiger partial charge is 0.392 e. The van der Waals surface area contributed by atoms with E-state index >= 15 is 0 Å². The van der Waals surface area contributed by atoms with Crippen LogP contribution >= 0.6 is 0 Å². The number of hydrogen-bond acceptors (Lipinski definition) is 6. The van der Waals surface area contributed by atoms with Gasteiger partial charge in [-0.05, 0) is 46.4 Å². The predicted molar refractivity (Wildman–Crippen MR) is 145 cm³/mol. The van der Waals surface area contributed by atoms with Crippen LogP contribution in [-0.4, -0.2) is 52.9 Å². The zero-order valence-corrected chi connectivity index (χ0v) is 21.8. The summed E-state index contributed by atoms with van der Waals surface area (Å²) in [5.41, 5.74) is 6.01. The lowest BCUT2D eigenvalue weighted by Crippen LogP contribution is -2.38. The number of aliphatic hydroxyl groups excluding tert-OH is 2. The molecule has 7 heteroatoms. The summed E-state index contributed by atoms with van der Waals surface area (Å²) in [5, 5.41) is 22.3. The molecule has 3 aromatic rings. The van der Waals surface area contributed by atoms with Gasteiger partial charge in [0.25, 0.3) is 0 Å². The Bertz CT molecular complexity index is 1230. The van der Waals surface area contributed by atoms with Crippen molar-refractivity contribution in [2.45, 2.75) is 57.5 Å². The molecule has 2 aliphatic rings. The van der Waals surface area contributed by atoms with E-state index in [0.29, 0.717) is 19.5 Å². The van der Waals surface area contributed by atoms with Crippen molar-refractivity contribution in [2.75, 3.05) is 19.6 Å². The Morgan fingerprint density at radius 2 is 1.74 bits per heavy atom. The summed E-state index contributed by atoms with van der Waals surface area (Å²) < 4.78 is 13.0. The van der Waals surface area contributed by atoms with Gasteiger partial charge >= 0.3 is 0 Å². The van der Waals surface area contributed by atoms with E-state index in [-0.39, 0.29) is 30.8 Å². The fourth-order valence-corrected chi connectivity index (χ4v) is 5.25. The number of β-amino-alcohol motifs (C(OH)–C–C–N with tert-alkyl or cyclic N) is 1. The lowest BCUT2D eigenvalue weighted by molar-refractivity contribution is -0.252. The van der Waals surface area contributed by atoms with Gasteiger partial charge in [0.2, 0.25) is 5.91 Å². The third-order valence-electron chi connectivity index (χ3n) is 7.28. The van der Waals surface area contributed by atoms with Crippen LogP contribution in [0.3, 0.4) is 0 Å². The molecule has 2 fully saturated rings. The second-order valence-electron chi connectivity index (χ2n) is 10.3. The maximum atomic E-state index is 11.3. The minimum Gasteiger partial charge on any atom is -0.392 e. The van der Waals surface area contributed by atoms with Crippen LogP contribution in [0.5, 0.6) is 0 Å². The Hall–Kier alpha value is -3.07. The minimum atomic E-state index is -0.536. The molecule has 0 bridgehead atoms. The number of ether oxygens (including phenoxy) is 2. The van der Waals surface area contributed by atoms with Crippen LogP contribution in [0, 0.1) is 0 Å². The molecule has 4 atom stereocenters. The van der Waals surface area contributed by atoms with Crippen LogP contribution in [0.4, 0.5) is 0 Å². The Morgan fingerprint density at radius 3 is 2.45 bits per heavy atom. The lowest BCUT2D eigenvalue weighted by atomic mass is 9.98. The molecule has 2 heterocycles. The first kappa shape index (κ1) is 26.5. The maximum Gasteiger partial charge on any atom is 0.217 e. The zero-order valence-electron chi connectivity index (χ0n) is 21.8. The van der Waals surface area contributed by atoms with Gasteiger partial charge in [-0.1, -0.05) is 60.7 Å². The third kappa shape index (κ3) is 6.67. The van der Waals surface area contributed by atoms with Gasteiger partial charge in [-0.15, -0.1) is 0 Å². The lowest BCUT2D eigenvalue weighted by Gasteiger charge is -2.38. The van der Waals surface area contributed by atoms with E-state index < -0.39 is 6.29 Å². The predicted octanol–water partition coefficient (Wildman–Crippen LogP) is 4.09. The quantitative estimate of drug-likeness (QED) is 0.418. The molecule has 0 radical (unpaired) electrons. The van der Waals surface area contributed by atoms with Gasteiger partial charge in [0.15, 0.2) is 6.29 Å². The number of hydrogen-bond donors (Lipinski definition) is 3. The molecule has 7 nitrogen and oxygen atoms in total. The average Bonchev–Trinajstić information content (AvgIpc) is 3.36.